The van der Waals surface area contributed by atoms with Crippen molar-refractivity contribution in [3.05, 3.63) is 58.6 Å². The number of hydrogen-bond acceptors (Lipinski definition) is 3. The second-order valence-electron chi connectivity index (χ2n) is 5.30. The Hall–Kier alpha value is -2.34. The van der Waals surface area contributed by atoms with E-state index in [9.17, 15) is 13.6 Å². The molecule has 0 saturated carbocycles. The fraction of sp³-hybridized carbons (Fsp3) is 0.278. The van der Waals surface area contributed by atoms with Crippen molar-refractivity contribution in [1.29, 1.82) is 0 Å². The van der Waals surface area contributed by atoms with Gasteiger partial charge in [0.1, 0.15) is 17.1 Å². The molecule has 0 bridgehead atoms. The summed E-state index contributed by atoms with van der Waals surface area (Å²) >= 11 is 5.98. The Morgan fingerprint density at radius 3 is 2.56 bits per heavy atom. The number of rotatable bonds is 7. The van der Waals surface area contributed by atoms with Crippen LogP contribution in [0.2, 0.25) is 5.02 Å². The number of hydrogen-bond donors (Lipinski definition) is 0. The Balaban J connectivity index is 1.95. The first-order valence-corrected chi connectivity index (χ1v) is 7.98. The SMILES string of the molecule is COc1ccc(F)c(F)c1C(=O)N(C)CCCOc1ccccc1Cl. The quantitative estimate of drug-likeness (QED) is 0.688. The van der Waals surface area contributed by atoms with E-state index in [4.69, 9.17) is 21.1 Å². The standard InChI is InChI=1S/C18H18ClF2NO3/c1-22(10-5-11-25-14-7-4-3-6-12(14)19)18(23)16-15(24-2)9-8-13(20)17(16)21/h3-4,6-9H,5,10-11H2,1-2H3. The molecule has 0 aliphatic heterocycles. The molecular weight excluding hydrogens is 352 g/mol. The molecule has 1 amide bonds. The number of para-hydroxylation sites is 1. The number of methoxy groups -OCH3 is 1. The van der Waals surface area contributed by atoms with Gasteiger partial charge < -0.3 is 14.4 Å². The molecule has 2 rings (SSSR count). The van der Waals surface area contributed by atoms with E-state index in [1.165, 1.54) is 25.1 Å². The Morgan fingerprint density at radius 2 is 1.88 bits per heavy atom. The summed E-state index contributed by atoms with van der Waals surface area (Å²) in [6.07, 6.45) is 0.493. The summed E-state index contributed by atoms with van der Waals surface area (Å²) in [5.41, 5.74) is -0.419. The highest BCUT2D eigenvalue weighted by Crippen LogP contribution is 2.25. The van der Waals surface area contributed by atoms with Gasteiger partial charge in [0, 0.05) is 13.6 Å². The predicted octanol–water partition coefficient (Wildman–Crippen LogP) is 4.17. The van der Waals surface area contributed by atoms with E-state index in [-0.39, 0.29) is 5.75 Å². The van der Waals surface area contributed by atoms with Crippen LogP contribution >= 0.6 is 11.6 Å². The number of halogens is 3. The summed E-state index contributed by atoms with van der Waals surface area (Å²) in [6, 6.07) is 9.19. The second kappa shape index (κ2) is 8.67. The van der Waals surface area contributed by atoms with E-state index in [0.717, 1.165) is 6.07 Å². The summed E-state index contributed by atoms with van der Waals surface area (Å²) in [6.45, 7) is 0.618. The zero-order valence-electron chi connectivity index (χ0n) is 13.9. The average Bonchev–Trinajstić information content (AvgIpc) is 2.61. The number of carbonyl (C=O) groups excluding carboxylic acids is 1. The maximum absolute atomic E-state index is 14.0. The van der Waals surface area contributed by atoms with Crippen molar-refractivity contribution < 1.29 is 23.0 Å². The highest BCUT2D eigenvalue weighted by molar-refractivity contribution is 6.32. The third kappa shape index (κ3) is 4.60. The fourth-order valence-corrected chi connectivity index (χ4v) is 2.43. The maximum Gasteiger partial charge on any atom is 0.260 e. The van der Waals surface area contributed by atoms with Crippen molar-refractivity contribution in [2.45, 2.75) is 6.42 Å². The molecule has 4 nitrogen and oxygen atoms in total. The van der Waals surface area contributed by atoms with Crippen LogP contribution in [0.25, 0.3) is 0 Å². The number of nitrogens with zero attached hydrogens (tertiary/aromatic N) is 1. The summed E-state index contributed by atoms with van der Waals surface area (Å²) < 4.78 is 37.9. The van der Waals surface area contributed by atoms with Crippen molar-refractivity contribution in [3.63, 3.8) is 0 Å². The lowest BCUT2D eigenvalue weighted by Gasteiger charge is -2.19. The average molecular weight is 370 g/mol. The number of carbonyl (C=O) groups is 1. The normalized spacial score (nSPS) is 10.4. The molecule has 0 aliphatic rings. The van der Waals surface area contributed by atoms with Crippen molar-refractivity contribution in [1.82, 2.24) is 4.90 Å². The van der Waals surface area contributed by atoms with E-state index >= 15 is 0 Å². The fourth-order valence-electron chi connectivity index (χ4n) is 2.24. The van der Waals surface area contributed by atoms with Crippen molar-refractivity contribution in [3.8, 4) is 11.5 Å². The summed E-state index contributed by atoms with van der Waals surface area (Å²) in [4.78, 5) is 13.7. The monoisotopic (exact) mass is 369 g/mol. The molecule has 0 radical (unpaired) electrons. The van der Waals surface area contributed by atoms with Gasteiger partial charge in [-0.05, 0) is 30.7 Å². The van der Waals surface area contributed by atoms with Crippen LogP contribution in [-0.4, -0.2) is 38.1 Å². The van der Waals surface area contributed by atoms with E-state index in [2.05, 4.69) is 0 Å². The minimum absolute atomic E-state index is 0.0110. The zero-order valence-corrected chi connectivity index (χ0v) is 14.6. The number of benzene rings is 2. The van der Waals surface area contributed by atoms with Crippen molar-refractivity contribution in [2.24, 2.45) is 0 Å². The number of amides is 1. The molecule has 0 aliphatic carbocycles. The molecule has 2 aromatic carbocycles. The molecule has 0 saturated heterocycles. The molecule has 25 heavy (non-hydrogen) atoms. The smallest absolute Gasteiger partial charge is 0.260 e. The van der Waals surface area contributed by atoms with Crippen molar-refractivity contribution in [2.75, 3.05) is 27.3 Å². The molecule has 0 aromatic heterocycles. The van der Waals surface area contributed by atoms with E-state index in [0.29, 0.717) is 30.3 Å². The van der Waals surface area contributed by atoms with Gasteiger partial charge in [-0.3, -0.25) is 4.79 Å². The molecule has 0 unspecified atom stereocenters. The van der Waals surface area contributed by atoms with Crippen LogP contribution in [0.4, 0.5) is 8.78 Å². The first kappa shape index (κ1) is 19.0. The molecule has 0 atom stereocenters. The Bertz CT molecular complexity index is 755. The van der Waals surface area contributed by atoms with Gasteiger partial charge in [-0.1, -0.05) is 23.7 Å². The molecule has 0 N–H and O–H groups in total. The molecule has 134 valence electrons. The summed E-state index contributed by atoms with van der Waals surface area (Å²) in [5, 5.41) is 0.499. The van der Waals surface area contributed by atoms with Crippen LogP contribution in [-0.2, 0) is 0 Å². The van der Waals surface area contributed by atoms with Gasteiger partial charge in [-0.2, -0.15) is 0 Å². The third-order valence-electron chi connectivity index (χ3n) is 3.57. The topological polar surface area (TPSA) is 38.8 Å². The van der Waals surface area contributed by atoms with Gasteiger partial charge >= 0.3 is 0 Å². The van der Waals surface area contributed by atoms with Gasteiger partial charge in [0.05, 0.1) is 18.7 Å². The first-order valence-electron chi connectivity index (χ1n) is 7.60. The van der Waals surface area contributed by atoms with Crippen LogP contribution < -0.4 is 9.47 Å². The van der Waals surface area contributed by atoms with E-state index in [1.54, 1.807) is 24.3 Å². The maximum atomic E-state index is 14.0. The van der Waals surface area contributed by atoms with Crippen LogP contribution in [0, 0.1) is 11.6 Å². The number of ether oxygens (including phenoxy) is 2. The van der Waals surface area contributed by atoms with Gasteiger partial charge in [0.15, 0.2) is 11.6 Å². The molecule has 7 heteroatoms. The first-order chi connectivity index (χ1) is 12.0. The van der Waals surface area contributed by atoms with Crippen LogP contribution in [0.3, 0.4) is 0 Å². The van der Waals surface area contributed by atoms with Crippen LogP contribution in [0.1, 0.15) is 16.8 Å². The van der Waals surface area contributed by atoms with Gasteiger partial charge in [0.25, 0.3) is 5.91 Å². The molecule has 0 heterocycles. The summed E-state index contributed by atoms with van der Waals surface area (Å²) in [5.74, 6) is -2.44. The van der Waals surface area contributed by atoms with Gasteiger partial charge in [-0.25, -0.2) is 8.78 Å². The lowest BCUT2D eigenvalue weighted by atomic mass is 10.1. The molecule has 0 spiro atoms. The lowest BCUT2D eigenvalue weighted by Crippen LogP contribution is -2.30. The van der Waals surface area contributed by atoms with Crippen molar-refractivity contribution >= 4 is 17.5 Å². The largest absolute Gasteiger partial charge is 0.496 e. The highest BCUT2D eigenvalue weighted by atomic mass is 35.5. The minimum Gasteiger partial charge on any atom is -0.496 e. The Labute approximate surface area is 149 Å². The Morgan fingerprint density at radius 1 is 1.16 bits per heavy atom. The molecular formula is C18H18ClF2NO3. The third-order valence-corrected chi connectivity index (χ3v) is 3.88. The van der Waals surface area contributed by atoms with E-state index < -0.39 is 23.1 Å². The predicted molar refractivity (Wildman–Crippen MR) is 91.4 cm³/mol. The van der Waals surface area contributed by atoms with Crippen LogP contribution in [0.5, 0.6) is 11.5 Å². The minimum atomic E-state index is -1.22. The second-order valence-corrected chi connectivity index (χ2v) is 5.70. The highest BCUT2D eigenvalue weighted by Gasteiger charge is 2.23. The van der Waals surface area contributed by atoms with E-state index in [1.807, 2.05) is 0 Å². The van der Waals surface area contributed by atoms with Crippen LogP contribution in [0.15, 0.2) is 36.4 Å². The summed E-state index contributed by atoms with van der Waals surface area (Å²) in [7, 11) is 2.79. The van der Waals surface area contributed by atoms with Gasteiger partial charge in [0.2, 0.25) is 0 Å². The van der Waals surface area contributed by atoms with Gasteiger partial charge in [-0.15, -0.1) is 0 Å². The molecule has 0 fully saturated rings. The Kier molecular flexibility index (Phi) is 6.58. The lowest BCUT2D eigenvalue weighted by molar-refractivity contribution is 0.0778. The molecule has 2 aromatic rings. The zero-order chi connectivity index (χ0) is 18.4.